The highest BCUT2D eigenvalue weighted by Crippen LogP contribution is 2.30. The van der Waals surface area contributed by atoms with E-state index >= 15 is 0 Å². The number of phenolic OH excluding ortho intramolecular Hbond substituents is 1. The summed E-state index contributed by atoms with van der Waals surface area (Å²) in [5, 5.41) is 12.0. The number of fused-ring (bicyclic) bond motifs is 2. The molecule has 0 bridgehead atoms. The van der Waals surface area contributed by atoms with Crippen LogP contribution in [-0.2, 0) is 17.8 Å². The normalized spacial score (nSPS) is 11.0. The summed E-state index contributed by atoms with van der Waals surface area (Å²) in [5.41, 5.74) is 4.01. The second-order valence-electron chi connectivity index (χ2n) is 7.67. The Morgan fingerprint density at radius 2 is 1.61 bits per heavy atom. The van der Waals surface area contributed by atoms with Crippen molar-refractivity contribution in [3.05, 3.63) is 72.1 Å². The molecule has 0 fully saturated rings. The maximum atomic E-state index is 12.1. The number of carbonyl (C=O) groups excluding carboxylic acids is 1. The predicted molar refractivity (Wildman–Crippen MR) is 129 cm³/mol. The van der Waals surface area contributed by atoms with Crippen molar-refractivity contribution in [3.8, 4) is 18.1 Å². The van der Waals surface area contributed by atoms with Gasteiger partial charge in [0.25, 0.3) is 0 Å². The van der Waals surface area contributed by atoms with Crippen molar-refractivity contribution in [1.29, 1.82) is 0 Å². The Hall–Kier alpha value is -4.15. The number of hydrogen-bond acceptors (Lipinski definition) is 6. The maximum absolute atomic E-state index is 12.1. The largest absolute Gasteiger partial charge is 0.506 e. The van der Waals surface area contributed by atoms with Crippen molar-refractivity contribution in [1.82, 2.24) is 14.9 Å². The minimum atomic E-state index is -0.462. The molecule has 1 amide bonds. The lowest BCUT2D eigenvalue weighted by atomic mass is 10.0. The average molecular weight is 441 g/mol. The first kappa shape index (κ1) is 22.1. The summed E-state index contributed by atoms with van der Waals surface area (Å²) in [6, 6.07) is 15.1. The molecule has 7 nitrogen and oxygen atoms in total. The van der Waals surface area contributed by atoms with Gasteiger partial charge in [-0.2, -0.15) is 0 Å². The fourth-order valence-electron chi connectivity index (χ4n) is 3.99. The third-order valence-electron chi connectivity index (χ3n) is 5.59. The van der Waals surface area contributed by atoms with Crippen LogP contribution in [0.4, 0.5) is 10.5 Å². The molecule has 0 atom stereocenters. The second-order valence-corrected chi connectivity index (χ2v) is 7.67. The van der Waals surface area contributed by atoms with Gasteiger partial charge >= 0.3 is 6.09 Å². The molecule has 0 aliphatic carbocycles. The monoisotopic (exact) mass is 440 g/mol. The maximum Gasteiger partial charge on any atom is 0.413 e. The van der Waals surface area contributed by atoms with Crippen molar-refractivity contribution in [2.45, 2.75) is 13.1 Å². The number of anilines is 1. The number of amides is 1. The van der Waals surface area contributed by atoms with Crippen LogP contribution in [0.1, 0.15) is 11.1 Å². The van der Waals surface area contributed by atoms with E-state index in [-0.39, 0.29) is 5.75 Å². The average Bonchev–Trinajstić information content (AvgIpc) is 2.85. The van der Waals surface area contributed by atoms with Crippen LogP contribution in [0.3, 0.4) is 0 Å². The number of hydrogen-bond donors (Lipinski definition) is 1. The van der Waals surface area contributed by atoms with Gasteiger partial charge in [-0.3, -0.25) is 19.8 Å². The molecule has 0 aliphatic heterocycles. The fraction of sp³-hybridized carbons (Fsp3) is 0.192. The van der Waals surface area contributed by atoms with E-state index in [2.05, 4.69) is 20.8 Å². The zero-order chi connectivity index (χ0) is 23.4. The minimum absolute atomic E-state index is 0.153. The Morgan fingerprint density at radius 1 is 1.00 bits per heavy atom. The molecule has 2 aromatic carbocycles. The third-order valence-corrected chi connectivity index (χ3v) is 5.59. The number of ether oxygens (including phenoxy) is 1. The molecular weight excluding hydrogens is 416 g/mol. The van der Waals surface area contributed by atoms with E-state index in [1.807, 2.05) is 42.5 Å². The highest BCUT2D eigenvalue weighted by Gasteiger charge is 2.18. The highest BCUT2D eigenvalue weighted by molar-refractivity contribution is 6.00. The van der Waals surface area contributed by atoms with Crippen LogP contribution >= 0.6 is 0 Å². The SMILES string of the molecule is C#CCN(Cc1ccc(O)c2ncccc12)Cc1ccc(N(C)C(=O)OC)c2ncccc12. The van der Waals surface area contributed by atoms with E-state index in [0.29, 0.717) is 36.4 Å². The van der Waals surface area contributed by atoms with Crippen molar-refractivity contribution in [3.63, 3.8) is 0 Å². The van der Waals surface area contributed by atoms with E-state index < -0.39 is 6.09 Å². The second kappa shape index (κ2) is 9.55. The molecular formula is C26H24N4O3. The van der Waals surface area contributed by atoms with Gasteiger partial charge in [0.1, 0.15) is 11.3 Å². The number of terminal acetylenes is 1. The summed E-state index contributed by atoms with van der Waals surface area (Å²) < 4.78 is 4.86. The van der Waals surface area contributed by atoms with Gasteiger partial charge in [-0.15, -0.1) is 6.42 Å². The zero-order valence-electron chi connectivity index (χ0n) is 18.5. The summed E-state index contributed by atoms with van der Waals surface area (Å²) in [6.07, 6.45) is 8.59. The Bertz CT molecular complexity index is 1360. The number of carbonyl (C=O) groups is 1. The Kier molecular flexibility index (Phi) is 6.38. The third kappa shape index (κ3) is 4.43. The summed E-state index contributed by atoms with van der Waals surface area (Å²) in [5.74, 6) is 2.90. The van der Waals surface area contributed by atoms with Crippen molar-refractivity contribution in [2.24, 2.45) is 0 Å². The van der Waals surface area contributed by atoms with Crippen LogP contribution in [-0.4, -0.2) is 46.8 Å². The molecule has 0 aliphatic rings. The van der Waals surface area contributed by atoms with E-state index in [1.165, 1.54) is 12.0 Å². The first-order chi connectivity index (χ1) is 16.0. The van der Waals surface area contributed by atoms with Gasteiger partial charge in [0.15, 0.2) is 0 Å². The molecule has 4 rings (SSSR count). The number of aromatic nitrogens is 2. The van der Waals surface area contributed by atoms with Gasteiger partial charge in [-0.1, -0.05) is 30.2 Å². The summed E-state index contributed by atoms with van der Waals surface area (Å²) in [4.78, 5) is 24.5. The molecule has 0 saturated carbocycles. The smallest absolute Gasteiger partial charge is 0.413 e. The van der Waals surface area contributed by atoms with Gasteiger partial charge < -0.3 is 9.84 Å². The molecule has 2 aromatic heterocycles. The predicted octanol–water partition coefficient (Wildman–Crippen LogP) is 4.33. The van der Waals surface area contributed by atoms with Gasteiger partial charge in [-0.05, 0) is 35.4 Å². The number of phenols is 1. The van der Waals surface area contributed by atoms with Crippen LogP contribution in [0.25, 0.3) is 21.8 Å². The van der Waals surface area contributed by atoms with Gasteiger partial charge in [0, 0.05) is 43.3 Å². The van der Waals surface area contributed by atoms with E-state index in [0.717, 1.165) is 21.9 Å². The van der Waals surface area contributed by atoms with Gasteiger partial charge in [-0.25, -0.2) is 4.79 Å². The fourth-order valence-corrected chi connectivity index (χ4v) is 3.99. The first-order valence-corrected chi connectivity index (χ1v) is 10.4. The van der Waals surface area contributed by atoms with Crippen molar-refractivity contribution >= 4 is 33.6 Å². The number of nitrogens with zero attached hydrogens (tertiary/aromatic N) is 4. The summed E-state index contributed by atoms with van der Waals surface area (Å²) in [6.45, 7) is 1.60. The molecule has 0 saturated heterocycles. The molecule has 2 heterocycles. The highest BCUT2D eigenvalue weighted by atomic mass is 16.5. The van der Waals surface area contributed by atoms with Gasteiger partial charge in [0.2, 0.25) is 0 Å². The Morgan fingerprint density at radius 3 is 2.24 bits per heavy atom. The lowest BCUT2D eigenvalue weighted by molar-refractivity contribution is 0.180. The number of methoxy groups -OCH3 is 1. The number of aromatic hydroxyl groups is 1. The van der Waals surface area contributed by atoms with E-state index in [4.69, 9.17) is 11.2 Å². The molecule has 4 aromatic rings. The Balaban J connectivity index is 1.70. The van der Waals surface area contributed by atoms with E-state index in [9.17, 15) is 9.90 Å². The van der Waals surface area contributed by atoms with Crippen molar-refractivity contribution in [2.75, 3.05) is 25.6 Å². The lowest BCUT2D eigenvalue weighted by Gasteiger charge is -2.23. The number of rotatable bonds is 6. The molecule has 7 heteroatoms. The summed E-state index contributed by atoms with van der Waals surface area (Å²) >= 11 is 0. The van der Waals surface area contributed by atoms with Gasteiger partial charge in [0.05, 0.1) is 24.9 Å². The number of benzene rings is 2. The van der Waals surface area contributed by atoms with E-state index in [1.54, 1.807) is 25.5 Å². The standard InChI is InChI=1S/C26H24N4O3/c1-4-15-30(17-19-10-12-23(31)25-21(19)8-6-14-28-25)16-18-9-11-22(29(2)26(32)33-3)24-20(18)7-5-13-27-24/h1,5-14,31H,15-17H2,2-3H3. The first-order valence-electron chi connectivity index (χ1n) is 10.4. The number of pyridine rings is 2. The van der Waals surface area contributed by atoms with Crippen LogP contribution < -0.4 is 4.90 Å². The topological polar surface area (TPSA) is 78.8 Å². The summed E-state index contributed by atoms with van der Waals surface area (Å²) in [7, 11) is 3.01. The van der Waals surface area contributed by atoms with Crippen LogP contribution in [0.5, 0.6) is 5.75 Å². The Labute approximate surface area is 192 Å². The van der Waals surface area contributed by atoms with Crippen LogP contribution in [0.2, 0.25) is 0 Å². The van der Waals surface area contributed by atoms with Crippen molar-refractivity contribution < 1.29 is 14.6 Å². The quantitative estimate of drug-likeness (QED) is 0.450. The molecule has 1 N–H and O–H groups in total. The zero-order valence-corrected chi connectivity index (χ0v) is 18.5. The molecule has 33 heavy (non-hydrogen) atoms. The molecule has 0 spiro atoms. The lowest BCUT2D eigenvalue weighted by Crippen LogP contribution is -2.26. The molecule has 0 radical (unpaired) electrons. The van der Waals surface area contributed by atoms with Crippen LogP contribution in [0.15, 0.2) is 60.9 Å². The molecule has 166 valence electrons. The minimum Gasteiger partial charge on any atom is -0.506 e. The van der Waals surface area contributed by atoms with Crippen LogP contribution in [0, 0.1) is 12.3 Å². The molecule has 0 unspecified atom stereocenters.